The predicted octanol–water partition coefficient (Wildman–Crippen LogP) is 4.69. The first-order valence-corrected chi connectivity index (χ1v) is 15.0. The molecule has 2 aromatic rings. The molecule has 5 rings (SSSR count). The minimum atomic E-state index is -1.15. The van der Waals surface area contributed by atoms with Gasteiger partial charge in [0.1, 0.15) is 18.2 Å². The third-order valence-corrected chi connectivity index (χ3v) is 8.73. The van der Waals surface area contributed by atoms with Crippen LogP contribution in [0.5, 0.6) is 5.88 Å². The molecular weight excluding hydrogens is 550 g/mol. The minimum Gasteiger partial charge on any atom is -0.474 e. The van der Waals surface area contributed by atoms with Crippen molar-refractivity contribution in [3.63, 3.8) is 0 Å². The average molecular weight is 590 g/mol. The first kappa shape index (κ1) is 30.1. The van der Waals surface area contributed by atoms with Gasteiger partial charge in [0.05, 0.1) is 18.7 Å². The van der Waals surface area contributed by atoms with Crippen molar-refractivity contribution in [2.45, 2.75) is 83.7 Å². The van der Waals surface area contributed by atoms with Crippen LogP contribution in [0, 0.1) is 17.2 Å². The molecule has 43 heavy (non-hydrogen) atoms. The van der Waals surface area contributed by atoms with E-state index < -0.39 is 18.2 Å². The fourth-order valence-corrected chi connectivity index (χ4v) is 6.28. The molecule has 1 N–H and O–H groups in total. The van der Waals surface area contributed by atoms with Crippen molar-refractivity contribution in [3.05, 3.63) is 47.7 Å². The van der Waals surface area contributed by atoms with E-state index in [2.05, 4.69) is 11.1 Å². The predicted molar refractivity (Wildman–Crippen MR) is 157 cm³/mol. The molecule has 0 aliphatic carbocycles. The maximum Gasteiger partial charge on any atom is 0.410 e. The molecule has 11 heteroatoms. The van der Waals surface area contributed by atoms with Crippen LogP contribution in [-0.4, -0.2) is 86.8 Å². The van der Waals surface area contributed by atoms with Gasteiger partial charge in [0.15, 0.2) is 0 Å². The zero-order valence-electron chi connectivity index (χ0n) is 24.9. The van der Waals surface area contributed by atoms with Crippen LogP contribution in [-0.2, 0) is 22.5 Å². The molecule has 3 unspecified atom stereocenters. The molecule has 3 aliphatic heterocycles. The number of piperidine rings is 1. The number of carbonyl (C=O) groups excluding carboxylic acids is 2. The number of hydrogen-bond acceptors (Lipinski definition) is 7. The summed E-state index contributed by atoms with van der Waals surface area (Å²) in [6.45, 7) is 7.58. The molecule has 11 nitrogen and oxygen atoms in total. The van der Waals surface area contributed by atoms with Gasteiger partial charge in [-0.1, -0.05) is 12.1 Å². The fourth-order valence-electron chi connectivity index (χ4n) is 6.28. The Morgan fingerprint density at radius 1 is 1.00 bits per heavy atom. The molecule has 3 atom stereocenters. The summed E-state index contributed by atoms with van der Waals surface area (Å²) in [5, 5.41) is 19.4. The van der Waals surface area contributed by atoms with Gasteiger partial charge in [-0.3, -0.25) is 9.69 Å². The van der Waals surface area contributed by atoms with E-state index >= 15 is 0 Å². The average Bonchev–Trinajstić information content (AvgIpc) is 3.49. The number of nitrogens with zero attached hydrogens (tertiary/aromatic N) is 5. The first-order valence-electron chi connectivity index (χ1n) is 15.0. The summed E-state index contributed by atoms with van der Waals surface area (Å²) in [6, 6.07) is 10.5. The molecule has 0 spiro atoms. The standard InChI is InChI=1S/C32H39N5O6/c1-20(2)42-32(41)35-13-10-22(11-14-35)21(3)43-29-9-8-25(18-34-29)23-6-7-24-16-28(37(31(39)40)19-26(24)15-23)30(38)36-12-4-5-27(36)17-33/h6-9,15,18,20-22,27-28H,4-5,10-14,16,19H2,1-3H3,(H,39,40). The maximum absolute atomic E-state index is 13.3. The number of likely N-dealkylation sites (tertiary alicyclic amines) is 2. The number of amides is 3. The molecule has 3 amide bonds. The van der Waals surface area contributed by atoms with Crippen molar-refractivity contribution in [2.24, 2.45) is 5.92 Å². The minimum absolute atomic E-state index is 0.0629. The third-order valence-electron chi connectivity index (χ3n) is 8.73. The first-order chi connectivity index (χ1) is 20.6. The van der Waals surface area contributed by atoms with E-state index in [9.17, 15) is 24.8 Å². The van der Waals surface area contributed by atoms with E-state index in [-0.39, 0.29) is 37.2 Å². The van der Waals surface area contributed by atoms with Crippen LogP contribution < -0.4 is 4.74 Å². The number of ether oxygens (including phenoxy) is 2. The number of benzene rings is 1. The molecule has 2 saturated heterocycles. The Hall–Kier alpha value is -4.33. The number of pyridine rings is 1. The maximum atomic E-state index is 13.3. The van der Waals surface area contributed by atoms with Gasteiger partial charge in [-0.15, -0.1) is 0 Å². The van der Waals surface area contributed by atoms with Crippen LogP contribution in [0.4, 0.5) is 9.59 Å². The van der Waals surface area contributed by atoms with Gasteiger partial charge in [-0.2, -0.15) is 5.26 Å². The van der Waals surface area contributed by atoms with E-state index in [1.807, 2.05) is 51.1 Å². The Kier molecular flexibility index (Phi) is 9.04. The lowest BCUT2D eigenvalue weighted by molar-refractivity contribution is -0.136. The smallest absolute Gasteiger partial charge is 0.410 e. The Morgan fingerprint density at radius 3 is 2.40 bits per heavy atom. The summed E-state index contributed by atoms with van der Waals surface area (Å²) in [4.78, 5) is 46.6. The number of fused-ring (bicyclic) bond motifs is 1. The highest BCUT2D eigenvalue weighted by Gasteiger charge is 2.40. The topological polar surface area (TPSA) is 136 Å². The molecular formula is C32H39N5O6. The summed E-state index contributed by atoms with van der Waals surface area (Å²) in [5.74, 6) is 0.524. The van der Waals surface area contributed by atoms with Gasteiger partial charge in [0, 0.05) is 43.9 Å². The Morgan fingerprint density at radius 2 is 1.74 bits per heavy atom. The van der Waals surface area contributed by atoms with Crippen LogP contribution in [0.1, 0.15) is 57.6 Å². The molecule has 1 aromatic heterocycles. The third kappa shape index (κ3) is 6.69. The molecule has 0 radical (unpaired) electrons. The monoisotopic (exact) mass is 589 g/mol. The number of rotatable bonds is 6. The summed E-state index contributed by atoms with van der Waals surface area (Å²) < 4.78 is 11.5. The van der Waals surface area contributed by atoms with Gasteiger partial charge in [-0.05, 0) is 81.2 Å². The zero-order chi connectivity index (χ0) is 30.7. The molecule has 2 fully saturated rings. The molecule has 4 heterocycles. The Bertz CT molecular complexity index is 1380. The largest absolute Gasteiger partial charge is 0.474 e. The second kappa shape index (κ2) is 12.9. The fraction of sp³-hybridized carbons (Fsp3) is 0.531. The van der Waals surface area contributed by atoms with Crippen LogP contribution in [0.2, 0.25) is 0 Å². The number of hydrogen-bond donors (Lipinski definition) is 1. The summed E-state index contributed by atoms with van der Waals surface area (Å²) >= 11 is 0. The second-order valence-corrected chi connectivity index (χ2v) is 11.9. The molecule has 3 aliphatic rings. The number of carboxylic acid groups (broad SMARTS) is 1. The van der Waals surface area contributed by atoms with Crippen molar-refractivity contribution in [1.29, 1.82) is 5.26 Å². The highest BCUT2D eigenvalue weighted by Crippen LogP contribution is 2.31. The lowest BCUT2D eigenvalue weighted by Gasteiger charge is -2.36. The van der Waals surface area contributed by atoms with E-state index in [1.165, 1.54) is 9.80 Å². The molecule has 228 valence electrons. The van der Waals surface area contributed by atoms with Crippen molar-refractivity contribution in [1.82, 2.24) is 19.7 Å². The summed E-state index contributed by atoms with van der Waals surface area (Å²) in [7, 11) is 0. The van der Waals surface area contributed by atoms with E-state index in [0.717, 1.165) is 41.5 Å². The lowest BCUT2D eigenvalue weighted by Crippen LogP contribution is -2.54. The number of carbonyl (C=O) groups is 3. The van der Waals surface area contributed by atoms with Gasteiger partial charge >= 0.3 is 12.2 Å². The second-order valence-electron chi connectivity index (χ2n) is 11.9. The van der Waals surface area contributed by atoms with Crippen molar-refractivity contribution in [2.75, 3.05) is 19.6 Å². The SMILES string of the molecule is CC(C)OC(=O)N1CCC(C(C)Oc2ccc(-c3ccc4c(c3)CN(C(=O)O)C(C(=O)N3CCCC3C#N)C4)cn2)CC1. The quantitative estimate of drug-likeness (QED) is 0.513. The molecule has 1 aromatic carbocycles. The number of aromatic nitrogens is 1. The van der Waals surface area contributed by atoms with Crippen LogP contribution in [0.15, 0.2) is 36.5 Å². The van der Waals surface area contributed by atoms with Gasteiger partial charge in [-0.25, -0.2) is 14.6 Å². The van der Waals surface area contributed by atoms with Crippen molar-refractivity contribution < 1.29 is 29.0 Å². The van der Waals surface area contributed by atoms with Gasteiger partial charge < -0.3 is 24.4 Å². The Labute approximate surface area is 252 Å². The molecule has 0 bridgehead atoms. The normalized spacial score (nSPS) is 21.2. The highest BCUT2D eigenvalue weighted by atomic mass is 16.6. The zero-order valence-corrected chi connectivity index (χ0v) is 24.9. The Balaban J connectivity index is 1.21. The van der Waals surface area contributed by atoms with E-state index in [0.29, 0.717) is 37.9 Å². The molecule has 0 saturated carbocycles. The van der Waals surface area contributed by atoms with E-state index in [4.69, 9.17) is 9.47 Å². The van der Waals surface area contributed by atoms with Crippen molar-refractivity contribution in [3.8, 4) is 23.1 Å². The summed E-state index contributed by atoms with van der Waals surface area (Å²) in [6.07, 6.45) is 3.43. The lowest BCUT2D eigenvalue weighted by atomic mass is 9.90. The van der Waals surface area contributed by atoms with Gasteiger partial charge in [0.25, 0.3) is 0 Å². The van der Waals surface area contributed by atoms with Crippen LogP contribution in [0.3, 0.4) is 0 Å². The van der Waals surface area contributed by atoms with Crippen LogP contribution in [0.25, 0.3) is 11.1 Å². The van der Waals surface area contributed by atoms with Gasteiger partial charge in [0.2, 0.25) is 11.8 Å². The number of nitriles is 1. The highest BCUT2D eigenvalue weighted by molar-refractivity contribution is 5.87. The summed E-state index contributed by atoms with van der Waals surface area (Å²) in [5.41, 5.74) is 3.54. The van der Waals surface area contributed by atoms with Crippen LogP contribution >= 0.6 is 0 Å². The van der Waals surface area contributed by atoms with Crippen molar-refractivity contribution >= 4 is 18.1 Å². The van der Waals surface area contributed by atoms with E-state index in [1.54, 1.807) is 11.1 Å².